The van der Waals surface area contributed by atoms with Gasteiger partial charge in [-0.25, -0.2) is 0 Å². The van der Waals surface area contributed by atoms with E-state index in [-0.39, 0.29) is 0 Å². The fourth-order valence-electron chi connectivity index (χ4n) is 1.95. The van der Waals surface area contributed by atoms with Gasteiger partial charge >= 0.3 is 0 Å². The third-order valence-corrected chi connectivity index (χ3v) is 2.92. The van der Waals surface area contributed by atoms with Gasteiger partial charge in [-0.2, -0.15) is 0 Å². The van der Waals surface area contributed by atoms with Gasteiger partial charge in [0, 0.05) is 19.3 Å². The molecule has 1 atom stereocenters. The van der Waals surface area contributed by atoms with Gasteiger partial charge in [-0.1, -0.05) is 0 Å². The first-order valence-electron chi connectivity index (χ1n) is 5.66. The fraction of sp³-hybridized carbons (Fsp3) is 1.00. The first-order valence-corrected chi connectivity index (χ1v) is 5.66. The molecule has 3 heteroatoms. The van der Waals surface area contributed by atoms with E-state index in [1.807, 2.05) is 0 Å². The maximum Gasteiger partial charge on any atom is 0.0468 e. The number of ether oxygens (including phenoxy) is 1. The van der Waals surface area contributed by atoms with E-state index in [0.29, 0.717) is 6.04 Å². The third kappa shape index (κ3) is 4.94. The minimum Gasteiger partial charge on any atom is -0.381 e. The SMILES string of the molecule is CN(C)CCC(N)CC1CCOCC1. The van der Waals surface area contributed by atoms with Crippen LogP contribution in [0.4, 0.5) is 0 Å². The molecular formula is C11H24N2O. The molecule has 2 N–H and O–H groups in total. The first-order chi connectivity index (χ1) is 6.68. The van der Waals surface area contributed by atoms with Gasteiger partial charge in [-0.15, -0.1) is 0 Å². The van der Waals surface area contributed by atoms with Gasteiger partial charge in [-0.3, -0.25) is 0 Å². The third-order valence-electron chi connectivity index (χ3n) is 2.92. The van der Waals surface area contributed by atoms with Crippen LogP contribution < -0.4 is 5.73 Å². The van der Waals surface area contributed by atoms with Crippen molar-refractivity contribution in [2.75, 3.05) is 33.9 Å². The van der Waals surface area contributed by atoms with Crippen LogP contribution >= 0.6 is 0 Å². The normalized spacial score (nSPS) is 21.4. The molecule has 14 heavy (non-hydrogen) atoms. The maximum atomic E-state index is 6.09. The second-order valence-corrected chi connectivity index (χ2v) is 4.64. The van der Waals surface area contributed by atoms with Crippen LogP contribution in [0.1, 0.15) is 25.7 Å². The molecule has 1 heterocycles. The van der Waals surface area contributed by atoms with Crippen molar-refractivity contribution < 1.29 is 4.74 Å². The van der Waals surface area contributed by atoms with Crippen LogP contribution in [-0.2, 0) is 4.74 Å². The van der Waals surface area contributed by atoms with E-state index in [1.54, 1.807) is 0 Å². The Hall–Kier alpha value is -0.120. The molecule has 1 saturated heterocycles. The van der Waals surface area contributed by atoms with Crippen LogP contribution in [0.15, 0.2) is 0 Å². The lowest BCUT2D eigenvalue weighted by Gasteiger charge is -2.25. The summed E-state index contributed by atoms with van der Waals surface area (Å²) in [6.45, 7) is 2.97. The van der Waals surface area contributed by atoms with E-state index in [9.17, 15) is 0 Å². The average Bonchev–Trinajstić information content (AvgIpc) is 2.16. The zero-order valence-electron chi connectivity index (χ0n) is 9.54. The molecule has 0 bridgehead atoms. The predicted molar refractivity (Wildman–Crippen MR) is 59.3 cm³/mol. The molecule has 0 amide bonds. The van der Waals surface area contributed by atoms with E-state index < -0.39 is 0 Å². The lowest BCUT2D eigenvalue weighted by atomic mass is 9.92. The monoisotopic (exact) mass is 200 g/mol. The van der Waals surface area contributed by atoms with Gasteiger partial charge in [0.15, 0.2) is 0 Å². The Morgan fingerprint density at radius 1 is 1.36 bits per heavy atom. The van der Waals surface area contributed by atoms with Crippen molar-refractivity contribution in [3.8, 4) is 0 Å². The van der Waals surface area contributed by atoms with E-state index in [2.05, 4.69) is 19.0 Å². The lowest BCUT2D eigenvalue weighted by molar-refractivity contribution is 0.0614. The van der Waals surface area contributed by atoms with Crippen LogP contribution in [0.25, 0.3) is 0 Å². The van der Waals surface area contributed by atoms with Crippen molar-refractivity contribution in [2.24, 2.45) is 11.7 Å². The second kappa shape index (κ2) is 6.38. The summed E-state index contributed by atoms with van der Waals surface area (Å²) < 4.78 is 5.33. The molecular weight excluding hydrogens is 176 g/mol. The summed E-state index contributed by atoms with van der Waals surface area (Å²) in [7, 11) is 4.20. The molecule has 0 aromatic rings. The molecule has 0 saturated carbocycles. The number of nitrogens with zero attached hydrogens (tertiary/aromatic N) is 1. The Balaban J connectivity index is 2.09. The molecule has 0 aromatic carbocycles. The fourth-order valence-corrected chi connectivity index (χ4v) is 1.95. The Kier molecular flexibility index (Phi) is 5.45. The summed E-state index contributed by atoms with van der Waals surface area (Å²) in [5, 5.41) is 0. The molecule has 84 valence electrons. The van der Waals surface area contributed by atoms with Gasteiger partial charge in [-0.05, 0) is 52.2 Å². The van der Waals surface area contributed by atoms with Crippen molar-refractivity contribution >= 4 is 0 Å². The van der Waals surface area contributed by atoms with Gasteiger partial charge in [0.05, 0.1) is 0 Å². The molecule has 0 aliphatic carbocycles. The zero-order chi connectivity index (χ0) is 10.4. The van der Waals surface area contributed by atoms with Crippen LogP contribution in [0.5, 0.6) is 0 Å². The highest BCUT2D eigenvalue weighted by Gasteiger charge is 2.16. The smallest absolute Gasteiger partial charge is 0.0468 e. The quantitative estimate of drug-likeness (QED) is 0.722. The molecule has 1 unspecified atom stereocenters. The molecule has 1 fully saturated rings. The number of hydrogen-bond acceptors (Lipinski definition) is 3. The highest BCUT2D eigenvalue weighted by atomic mass is 16.5. The Morgan fingerprint density at radius 3 is 2.57 bits per heavy atom. The summed E-state index contributed by atoms with van der Waals surface area (Å²) in [4.78, 5) is 2.20. The van der Waals surface area contributed by atoms with Gasteiger partial charge in [0.25, 0.3) is 0 Å². The van der Waals surface area contributed by atoms with Crippen molar-refractivity contribution in [3.05, 3.63) is 0 Å². The van der Waals surface area contributed by atoms with E-state index in [4.69, 9.17) is 10.5 Å². The summed E-state index contributed by atoms with van der Waals surface area (Å²) in [5.41, 5.74) is 6.09. The molecule has 0 spiro atoms. The van der Waals surface area contributed by atoms with Crippen molar-refractivity contribution in [1.82, 2.24) is 4.90 Å². The van der Waals surface area contributed by atoms with Crippen molar-refractivity contribution in [1.29, 1.82) is 0 Å². The minimum absolute atomic E-state index is 0.375. The van der Waals surface area contributed by atoms with E-state index in [1.165, 1.54) is 19.3 Å². The van der Waals surface area contributed by atoms with E-state index >= 15 is 0 Å². The van der Waals surface area contributed by atoms with Crippen LogP contribution in [-0.4, -0.2) is 44.8 Å². The molecule has 3 nitrogen and oxygen atoms in total. The second-order valence-electron chi connectivity index (χ2n) is 4.64. The van der Waals surface area contributed by atoms with Crippen LogP contribution in [0.3, 0.4) is 0 Å². The standard InChI is InChI=1S/C11H24N2O/c1-13(2)6-3-11(12)9-10-4-7-14-8-5-10/h10-11H,3-9,12H2,1-2H3. The summed E-state index contributed by atoms with van der Waals surface area (Å²) >= 11 is 0. The van der Waals surface area contributed by atoms with Crippen LogP contribution in [0.2, 0.25) is 0 Å². The number of nitrogens with two attached hydrogens (primary N) is 1. The molecule has 1 rings (SSSR count). The largest absolute Gasteiger partial charge is 0.381 e. The van der Waals surface area contributed by atoms with Gasteiger partial charge in [0.1, 0.15) is 0 Å². The van der Waals surface area contributed by atoms with E-state index in [0.717, 1.165) is 32.1 Å². The van der Waals surface area contributed by atoms with Gasteiger partial charge in [0.2, 0.25) is 0 Å². The Labute approximate surface area is 87.6 Å². The topological polar surface area (TPSA) is 38.5 Å². The first kappa shape index (κ1) is 12.0. The molecule has 0 radical (unpaired) electrons. The molecule has 1 aliphatic rings. The predicted octanol–water partition coefficient (Wildman–Crippen LogP) is 1.08. The highest BCUT2D eigenvalue weighted by Crippen LogP contribution is 2.20. The summed E-state index contributed by atoms with van der Waals surface area (Å²) in [6.07, 6.45) is 4.70. The van der Waals surface area contributed by atoms with Crippen molar-refractivity contribution in [3.63, 3.8) is 0 Å². The highest BCUT2D eigenvalue weighted by molar-refractivity contribution is 4.71. The average molecular weight is 200 g/mol. The zero-order valence-corrected chi connectivity index (χ0v) is 9.54. The Bertz CT molecular complexity index is 144. The minimum atomic E-state index is 0.375. The summed E-state index contributed by atoms with van der Waals surface area (Å²) in [6, 6.07) is 0.375. The maximum absolute atomic E-state index is 6.09. The lowest BCUT2D eigenvalue weighted by Crippen LogP contribution is -2.30. The summed E-state index contributed by atoms with van der Waals surface area (Å²) in [5.74, 6) is 0.806. The van der Waals surface area contributed by atoms with Crippen LogP contribution in [0, 0.1) is 5.92 Å². The van der Waals surface area contributed by atoms with Gasteiger partial charge < -0.3 is 15.4 Å². The number of hydrogen-bond donors (Lipinski definition) is 1. The number of rotatable bonds is 5. The molecule has 1 aliphatic heterocycles. The Morgan fingerprint density at radius 2 is 2.00 bits per heavy atom. The molecule has 0 aromatic heterocycles. The van der Waals surface area contributed by atoms with Crippen molar-refractivity contribution in [2.45, 2.75) is 31.7 Å².